The van der Waals surface area contributed by atoms with Gasteiger partial charge in [0, 0.05) is 22.5 Å². The van der Waals surface area contributed by atoms with Crippen LogP contribution in [-0.4, -0.2) is 13.1 Å². The van der Waals surface area contributed by atoms with Gasteiger partial charge in [-0.15, -0.1) is 0 Å². The Kier molecular flexibility index (Phi) is 4.14. The fourth-order valence-electron chi connectivity index (χ4n) is 3.97. The van der Waals surface area contributed by atoms with Crippen molar-refractivity contribution in [3.8, 4) is 22.4 Å². The quantitative estimate of drug-likeness (QED) is 0.313. The van der Waals surface area contributed by atoms with Gasteiger partial charge in [0.1, 0.15) is 11.2 Å². The van der Waals surface area contributed by atoms with Gasteiger partial charge < -0.3 is 4.42 Å². The lowest BCUT2D eigenvalue weighted by molar-refractivity contribution is 0.669. The van der Waals surface area contributed by atoms with Crippen molar-refractivity contribution in [2.45, 2.75) is 19.6 Å². The molecule has 0 radical (unpaired) electrons. The summed E-state index contributed by atoms with van der Waals surface area (Å²) in [6.45, 7) is 7.18. The number of furan rings is 1. The molecular formula is C26H23NOSi. The molecule has 5 aromatic rings. The van der Waals surface area contributed by atoms with Crippen molar-refractivity contribution in [3.63, 3.8) is 0 Å². The van der Waals surface area contributed by atoms with Crippen molar-refractivity contribution in [3.05, 3.63) is 85.1 Å². The van der Waals surface area contributed by atoms with Crippen molar-refractivity contribution < 1.29 is 4.42 Å². The van der Waals surface area contributed by atoms with Gasteiger partial charge in [-0.3, -0.25) is 4.98 Å². The monoisotopic (exact) mass is 393 g/mol. The van der Waals surface area contributed by atoms with E-state index in [0.29, 0.717) is 0 Å². The van der Waals surface area contributed by atoms with Crippen LogP contribution in [0.4, 0.5) is 0 Å². The average Bonchev–Trinajstić information content (AvgIpc) is 3.11. The van der Waals surface area contributed by atoms with Gasteiger partial charge in [0.15, 0.2) is 0 Å². The molecule has 2 heterocycles. The van der Waals surface area contributed by atoms with Gasteiger partial charge in [0.25, 0.3) is 0 Å². The second-order valence-corrected chi connectivity index (χ2v) is 13.6. The summed E-state index contributed by atoms with van der Waals surface area (Å²) < 4.78 is 5.98. The Labute approximate surface area is 171 Å². The molecule has 0 aliphatic rings. The lowest BCUT2D eigenvalue weighted by Crippen LogP contribution is -2.39. The van der Waals surface area contributed by atoms with Crippen LogP contribution in [-0.2, 0) is 0 Å². The summed E-state index contributed by atoms with van der Waals surface area (Å²) in [5.41, 5.74) is 6.48. The highest BCUT2D eigenvalue weighted by atomic mass is 28.3. The molecule has 0 aliphatic carbocycles. The van der Waals surface area contributed by atoms with E-state index in [1.807, 2.05) is 12.1 Å². The highest BCUT2D eigenvalue weighted by Crippen LogP contribution is 2.32. The minimum Gasteiger partial charge on any atom is -0.456 e. The van der Waals surface area contributed by atoms with E-state index in [4.69, 9.17) is 9.40 Å². The van der Waals surface area contributed by atoms with Crippen LogP contribution >= 0.6 is 0 Å². The van der Waals surface area contributed by atoms with Crippen LogP contribution in [0.2, 0.25) is 19.6 Å². The second-order valence-electron chi connectivity index (χ2n) is 8.54. The van der Waals surface area contributed by atoms with Gasteiger partial charge in [-0.2, -0.15) is 0 Å². The number of pyridine rings is 1. The fourth-order valence-corrected chi connectivity index (χ4v) is 5.55. The molecule has 0 fully saturated rings. The van der Waals surface area contributed by atoms with Crippen molar-refractivity contribution in [1.82, 2.24) is 4.98 Å². The Hall–Kier alpha value is -3.17. The molecule has 29 heavy (non-hydrogen) atoms. The predicted octanol–water partition coefficient (Wildman–Crippen LogP) is 6.86. The van der Waals surface area contributed by atoms with Crippen molar-refractivity contribution in [1.29, 1.82) is 0 Å². The Balaban J connectivity index is 1.69. The van der Waals surface area contributed by atoms with E-state index in [1.54, 1.807) is 0 Å². The van der Waals surface area contributed by atoms with Crippen LogP contribution in [0.3, 0.4) is 0 Å². The third-order valence-corrected chi connectivity index (χ3v) is 7.50. The first-order chi connectivity index (χ1) is 14.0. The molecule has 0 saturated carbocycles. The van der Waals surface area contributed by atoms with Crippen LogP contribution < -0.4 is 5.19 Å². The number of hydrogen-bond acceptors (Lipinski definition) is 2. The molecule has 0 amide bonds. The summed E-state index contributed by atoms with van der Waals surface area (Å²) in [6.07, 6.45) is 2.05. The molecular weight excluding hydrogens is 370 g/mol. The summed E-state index contributed by atoms with van der Waals surface area (Å²) in [5.74, 6) is 0. The maximum Gasteiger partial charge on any atom is 0.135 e. The van der Waals surface area contributed by atoms with Crippen LogP contribution in [0, 0.1) is 0 Å². The number of nitrogens with zero attached hydrogens (tertiary/aromatic N) is 1. The summed E-state index contributed by atoms with van der Waals surface area (Å²) >= 11 is 0. The Morgan fingerprint density at radius 2 is 1.41 bits per heavy atom. The van der Waals surface area contributed by atoms with Crippen molar-refractivity contribution in [2.75, 3.05) is 0 Å². The van der Waals surface area contributed by atoms with Gasteiger partial charge in [-0.1, -0.05) is 68.2 Å². The molecule has 3 heteroatoms. The summed E-state index contributed by atoms with van der Waals surface area (Å²) in [5, 5.41) is 3.73. The number of fused-ring (bicyclic) bond motifs is 3. The lowest BCUT2D eigenvalue weighted by atomic mass is 10.0. The highest BCUT2D eigenvalue weighted by molar-refractivity contribution is 6.89. The van der Waals surface area contributed by atoms with Crippen LogP contribution in [0.1, 0.15) is 0 Å². The number of aromatic nitrogens is 1. The Bertz CT molecular complexity index is 1330. The summed E-state index contributed by atoms with van der Waals surface area (Å²) in [7, 11) is -1.57. The fraction of sp³-hybridized carbons (Fsp3) is 0.115. The predicted molar refractivity (Wildman–Crippen MR) is 125 cm³/mol. The first-order valence-electron chi connectivity index (χ1n) is 9.98. The molecule has 142 valence electrons. The van der Waals surface area contributed by atoms with E-state index in [9.17, 15) is 0 Å². The van der Waals surface area contributed by atoms with E-state index < -0.39 is 8.07 Å². The minimum atomic E-state index is -1.57. The van der Waals surface area contributed by atoms with Crippen molar-refractivity contribution >= 4 is 35.2 Å². The molecule has 0 unspecified atom stereocenters. The van der Waals surface area contributed by atoms with Gasteiger partial charge >= 0.3 is 0 Å². The Morgan fingerprint density at radius 3 is 2.21 bits per heavy atom. The number of hydrogen-bond donors (Lipinski definition) is 0. The minimum absolute atomic E-state index is 0.918. The van der Waals surface area contributed by atoms with Gasteiger partial charge in [-0.05, 0) is 46.6 Å². The van der Waals surface area contributed by atoms with E-state index in [-0.39, 0.29) is 0 Å². The molecule has 0 saturated heterocycles. The maximum atomic E-state index is 5.98. The van der Waals surface area contributed by atoms with E-state index in [2.05, 4.69) is 92.6 Å². The SMILES string of the molecule is C[Si](C)(C)c1cc(-c2ccc3oc4ccccc4c3c2)ncc1-c1ccccc1. The highest BCUT2D eigenvalue weighted by Gasteiger charge is 2.22. The maximum absolute atomic E-state index is 5.98. The van der Waals surface area contributed by atoms with Crippen LogP contribution in [0.15, 0.2) is 89.5 Å². The molecule has 3 aromatic carbocycles. The zero-order valence-electron chi connectivity index (χ0n) is 16.9. The first-order valence-corrected chi connectivity index (χ1v) is 13.5. The molecule has 0 spiro atoms. The molecule has 2 aromatic heterocycles. The molecule has 0 atom stereocenters. The largest absolute Gasteiger partial charge is 0.456 e. The van der Waals surface area contributed by atoms with Gasteiger partial charge in [0.2, 0.25) is 0 Å². The third-order valence-electron chi connectivity index (χ3n) is 5.47. The molecule has 2 nitrogen and oxygen atoms in total. The number of rotatable bonds is 3. The zero-order valence-corrected chi connectivity index (χ0v) is 17.9. The number of benzene rings is 3. The number of para-hydroxylation sites is 1. The van der Waals surface area contributed by atoms with E-state index in [0.717, 1.165) is 33.2 Å². The topological polar surface area (TPSA) is 26.0 Å². The van der Waals surface area contributed by atoms with Crippen LogP contribution in [0.25, 0.3) is 44.3 Å². The van der Waals surface area contributed by atoms with Gasteiger partial charge in [0.05, 0.1) is 13.8 Å². The van der Waals surface area contributed by atoms with E-state index >= 15 is 0 Å². The smallest absolute Gasteiger partial charge is 0.135 e. The third kappa shape index (κ3) is 3.18. The Morgan fingerprint density at radius 1 is 0.690 bits per heavy atom. The average molecular weight is 394 g/mol. The molecule has 0 bridgehead atoms. The van der Waals surface area contributed by atoms with Crippen molar-refractivity contribution in [2.24, 2.45) is 0 Å². The molecule has 0 N–H and O–H groups in total. The molecule has 0 aliphatic heterocycles. The summed E-state index contributed by atoms with van der Waals surface area (Å²) in [4.78, 5) is 4.86. The lowest BCUT2D eigenvalue weighted by Gasteiger charge is -2.22. The van der Waals surface area contributed by atoms with E-state index in [1.165, 1.54) is 16.3 Å². The zero-order chi connectivity index (χ0) is 20.0. The summed E-state index contributed by atoms with van der Waals surface area (Å²) in [6, 6.07) is 27.5. The molecule has 5 rings (SSSR count). The van der Waals surface area contributed by atoms with Gasteiger partial charge in [-0.25, -0.2) is 0 Å². The normalized spacial score (nSPS) is 12.0. The second kappa shape index (κ2) is 6.71. The van der Waals surface area contributed by atoms with Crippen LogP contribution in [0.5, 0.6) is 0 Å². The standard InChI is InChI=1S/C26H23NOSi/c1-29(2,3)26-16-23(27-17-22(26)18-9-5-4-6-10-18)19-13-14-25-21(15-19)20-11-7-8-12-24(20)28-25/h4-17H,1-3H3. The first kappa shape index (κ1) is 17.9.